The van der Waals surface area contributed by atoms with Crippen molar-refractivity contribution in [3.05, 3.63) is 77.4 Å². The lowest BCUT2D eigenvalue weighted by atomic mass is 10.00. The Kier molecular flexibility index (Phi) is 4.99. The second-order valence-electron chi connectivity index (χ2n) is 6.80. The number of carbonyl (C=O) groups excluding carboxylic acids is 2. The van der Waals surface area contributed by atoms with E-state index in [0.717, 1.165) is 12.0 Å². The van der Waals surface area contributed by atoms with Crippen LogP contribution in [-0.4, -0.2) is 44.7 Å². The fourth-order valence-electron chi connectivity index (χ4n) is 3.34. The average molecular weight is 394 g/mol. The third-order valence-electron chi connectivity index (χ3n) is 4.87. The van der Waals surface area contributed by atoms with Crippen LogP contribution < -0.4 is 5.32 Å². The van der Waals surface area contributed by atoms with E-state index in [9.17, 15) is 19.1 Å². The molecule has 2 heterocycles. The minimum Gasteiger partial charge on any atom is -0.504 e. The molecule has 8 heteroatoms. The van der Waals surface area contributed by atoms with E-state index in [1.807, 2.05) is 18.2 Å². The molecule has 0 spiro atoms. The molecule has 7 nitrogen and oxygen atoms in total. The smallest absolute Gasteiger partial charge is 0.276 e. The minimum absolute atomic E-state index is 0.201. The molecule has 0 atom stereocenters. The zero-order valence-corrected chi connectivity index (χ0v) is 15.5. The maximum atomic E-state index is 13.4. The van der Waals surface area contributed by atoms with Gasteiger partial charge in [-0.05, 0) is 35.7 Å². The van der Waals surface area contributed by atoms with E-state index in [1.54, 1.807) is 11.0 Å². The van der Waals surface area contributed by atoms with Gasteiger partial charge in [-0.1, -0.05) is 30.3 Å². The van der Waals surface area contributed by atoms with Crippen LogP contribution in [-0.2, 0) is 17.8 Å². The number of amides is 2. The summed E-state index contributed by atoms with van der Waals surface area (Å²) in [6, 6.07) is 13.6. The van der Waals surface area contributed by atoms with Crippen LogP contribution in [0.25, 0.3) is 5.69 Å². The zero-order valence-electron chi connectivity index (χ0n) is 15.5. The number of aromatic nitrogens is 2. The molecule has 29 heavy (non-hydrogen) atoms. The Labute approximate surface area is 166 Å². The van der Waals surface area contributed by atoms with Crippen LogP contribution in [0.2, 0.25) is 0 Å². The molecule has 1 aliphatic heterocycles. The number of nitrogens with one attached hydrogen (secondary N) is 1. The van der Waals surface area contributed by atoms with Gasteiger partial charge in [0.25, 0.3) is 5.91 Å². The summed E-state index contributed by atoms with van der Waals surface area (Å²) in [5, 5.41) is 16.5. The molecule has 0 aliphatic carbocycles. The minimum atomic E-state index is -0.677. The number of fused-ring (bicyclic) bond motifs is 1. The van der Waals surface area contributed by atoms with Crippen molar-refractivity contribution in [2.45, 2.75) is 13.0 Å². The summed E-state index contributed by atoms with van der Waals surface area (Å²) < 4.78 is 14.6. The van der Waals surface area contributed by atoms with Crippen molar-refractivity contribution >= 4 is 11.8 Å². The molecule has 2 aromatic carbocycles. The van der Waals surface area contributed by atoms with Gasteiger partial charge < -0.3 is 15.3 Å². The van der Waals surface area contributed by atoms with Crippen molar-refractivity contribution in [3.8, 4) is 11.4 Å². The molecular formula is C21H19FN4O3. The third kappa shape index (κ3) is 3.96. The average Bonchev–Trinajstić information content (AvgIpc) is 3.13. The van der Waals surface area contributed by atoms with Crippen molar-refractivity contribution in [1.82, 2.24) is 20.0 Å². The Bertz CT molecular complexity index is 1080. The molecular weight excluding hydrogens is 375 g/mol. The predicted octanol–water partition coefficient (Wildman–Crippen LogP) is 2.03. The number of rotatable bonds is 4. The maximum Gasteiger partial charge on any atom is 0.276 e. The van der Waals surface area contributed by atoms with Gasteiger partial charge in [0.05, 0.1) is 18.4 Å². The zero-order chi connectivity index (χ0) is 20.4. The quantitative estimate of drug-likeness (QED) is 0.709. The second kappa shape index (κ2) is 7.75. The Balaban J connectivity index is 1.39. The highest BCUT2D eigenvalue weighted by Gasteiger charge is 2.22. The Morgan fingerprint density at radius 3 is 2.72 bits per heavy atom. The highest BCUT2D eigenvalue weighted by Crippen LogP contribution is 2.20. The number of aromatic hydroxyl groups is 1. The molecule has 0 saturated heterocycles. The molecule has 2 amide bonds. The summed E-state index contributed by atoms with van der Waals surface area (Å²) in [5.74, 6) is -1.70. The summed E-state index contributed by atoms with van der Waals surface area (Å²) in [5.41, 5.74) is 2.46. The van der Waals surface area contributed by atoms with Gasteiger partial charge in [-0.2, -0.15) is 5.10 Å². The normalized spacial score (nSPS) is 13.1. The SMILES string of the molecule is O=C(NCC(=O)N1CCc2ccccc2C1)c1nn(-c2cccc(F)c2)cc1O. The molecule has 2 N–H and O–H groups in total. The second-order valence-corrected chi connectivity index (χ2v) is 6.80. The number of hydrogen-bond acceptors (Lipinski definition) is 4. The van der Waals surface area contributed by atoms with Crippen LogP contribution in [0.15, 0.2) is 54.7 Å². The molecule has 4 rings (SSSR count). The van der Waals surface area contributed by atoms with Crippen LogP contribution in [0, 0.1) is 5.82 Å². The van der Waals surface area contributed by atoms with E-state index in [-0.39, 0.29) is 23.9 Å². The van der Waals surface area contributed by atoms with Gasteiger partial charge in [0, 0.05) is 13.1 Å². The van der Waals surface area contributed by atoms with E-state index in [4.69, 9.17) is 0 Å². The van der Waals surface area contributed by atoms with Crippen LogP contribution in [0.5, 0.6) is 5.75 Å². The number of nitrogens with zero attached hydrogens (tertiary/aromatic N) is 3. The Morgan fingerprint density at radius 2 is 1.93 bits per heavy atom. The van der Waals surface area contributed by atoms with E-state index in [2.05, 4.69) is 16.5 Å². The molecule has 0 bridgehead atoms. The summed E-state index contributed by atoms with van der Waals surface area (Å²) in [7, 11) is 0. The van der Waals surface area contributed by atoms with E-state index in [1.165, 1.54) is 34.6 Å². The lowest BCUT2D eigenvalue weighted by Crippen LogP contribution is -2.42. The summed E-state index contributed by atoms with van der Waals surface area (Å²) in [6.07, 6.45) is 1.99. The molecule has 148 valence electrons. The molecule has 0 radical (unpaired) electrons. The summed E-state index contributed by atoms with van der Waals surface area (Å²) in [6.45, 7) is 0.892. The Hall–Kier alpha value is -3.68. The van der Waals surface area contributed by atoms with Gasteiger partial charge in [0.2, 0.25) is 5.91 Å². The molecule has 3 aromatic rings. The van der Waals surface area contributed by atoms with Crippen molar-refractivity contribution in [1.29, 1.82) is 0 Å². The number of carbonyl (C=O) groups is 2. The maximum absolute atomic E-state index is 13.4. The van der Waals surface area contributed by atoms with E-state index < -0.39 is 11.7 Å². The summed E-state index contributed by atoms with van der Waals surface area (Å²) >= 11 is 0. The fraction of sp³-hybridized carbons (Fsp3) is 0.190. The molecule has 0 fully saturated rings. The standard InChI is InChI=1S/C21H19FN4O3/c22-16-6-3-7-17(10-16)26-13-18(27)20(24-26)21(29)23-11-19(28)25-9-8-14-4-1-2-5-15(14)12-25/h1-7,10,13,27H,8-9,11-12H2,(H,23,29). The molecule has 0 saturated carbocycles. The van der Waals surface area contributed by atoms with Gasteiger partial charge in [-0.15, -0.1) is 0 Å². The first-order valence-corrected chi connectivity index (χ1v) is 9.18. The molecule has 1 aliphatic rings. The Morgan fingerprint density at radius 1 is 1.14 bits per heavy atom. The first-order valence-electron chi connectivity index (χ1n) is 9.18. The highest BCUT2D eigenvalue weighted by molar-refractivity contribution is 5.97. The topological polar surface area (TPSA) is 87.5 Å². The van der Waals surface area contributed by atoms with Gasteiger partial charge in [0.15, 0.2) is 11.4 Å². The fourth-order valence-corrected chi connectivity index (χ4v) is 3.34. The van der Waals surface area contributed by atoms with Crippen LogP contribution >= 0.6 is 0 Å². The first kappa shape index (κ1) is 18.7. The number of hydrogen-bond donors (Lipinski definition) is 2. The number of halogens is 1. The van der Waals surface area contributed by atoms with Crippen molar-refractivity contribution < 1.29 is 19.1 Å². The monoisotopic (exact) mass is 394 g/mol. The molecule has 1 aromatic heterocycles. The van der Waals surface area contributed by atoms with Gasteiger partial charge in [-0.3, -0.25) is 9.59 Å². The lowest BCUT2D eigenvalue weighted by molar-refractivity contribution is -0.131. The van der Waals surface area contributed by atoms with Crippen molar-refractivity contribution in [2.24, 2.45) is 0 Å². The molecule has 0 unspecified atom stereocenters. The lowest BCUT2D eigenvalue weighted by Gasteiger charge is -2.28. The van der Waals surface area contributed by atoms with Gasteiger partial charge >= 0.3 is 0 Å². The van der Waals surface area contributed by atoms with Gasteiger partial charge in [0.1, 0.15) is 5.82 Å². The van der Waals surface area contributed by atoms with Crippen LogP contribution in [0.3, 0.4) is 0 Å². The highest BCUT2D eigenvalue weighted by atomic mass is 19.1. The largest absolute Gasteiger partial charge is 0.504 e. The number of benzene rings is 2. The van der Waals surface area contributed by atoms with Crippen LogP contribution in [0.1, 0.15) is 21.6 Å². The van der Waals surface area contributed by atoms with Gasteiger partial charge in [-0.25, -0.2) is 9.07 Å². The van der Waals surface area contributed by atoms with Crippen molar-refractivity contribution in [3.63, 3.8) is 0 Å². The summed E-state index contributed by atoms with van der Waals surface area (Å²) in [4.78, 5) is 26.5. The van der Waals surface area contributed by atoms with Crippen molar-refractivity contribution in [2.75, 3.05) is 13.1 Å². The predicted molar refractivity (Wildman–Crippen MR) is 103 cm³/mol. The first-order chi connectivity index (χ1) is 14.0. The van der Waals surface area contributed by atoms with E-state index in [0.29, 0.717) is 18.8 Å². The van der Waals surface area contributed by atoms with E-state index >= 15 is 0 Å². The third-order valence-corrected chi connectivity index (χ3v) is 4.87. The van der Waals surface area contributed by atoms with Crippen LogP contribution in [0.4, 0.5) is 4.39 Å².